The average Bonchev–Trinajstić information content (AvgIpc) is 2.99. The van der Waals surface area contributed by atoms with Gasteiger partial charge in [-0.05, 0) is 24.3 Å². The van der Waals surface area contributed by atoms with E-state index in [9.17, 15) is 9.59 Å². The van der Waals surface area contributed by atoms with E-state index in [2.05, 4.69) is 15.6 Å². The molecule has 1 aromatic rings. The molecule has 1 saturated heterocycles. The van der Waals surface area contributed by atoms with Crippen LogP contribution in [-0.4, -0.2) is 28.8 Å². The Morgan fingerprint density at radius 2 is 1.96 bits per heavy atom. The number of aliphatic imine (C=N–C) groups is 1. The van der Waals surface area contributed by atoms with Crippen LogP contribution < -0.4 is 10.6 Å². The smallest absolute Gasteiger partial charge is 0.240 e. The fourth-order valence-electron chi connectivity index (χ4n) is 3.23. The summed E-state index contributed by atoms with van der Waals surface area (Å²) in [6.07, 6.45) is 6.57. The van der Waals surface area contributed by atoms with E-state index in [-0.39, 0.29) is 23.5 Å². The predicted molar refractivity (Wildman–Crippen MR) is 101 cm³/mol. The molecule has 2 N–H and O–H groups in total. The first kappa shape index (κ1) is 18.0. The highest BCUT2D eigenvalue weighted by molar-refractivity contribution is 8.15. The van der Waals surface area contributed by atoms with Crippen molar-refractivity contribution in [1.29, 1.82) is 0 Å². The van der Waals surface area contributed by atoms with Gasteiger partial charge in [-0.15, -0.1) is 0 Å². The molecule has 0 radical (unpaired) electrons. The van der Waals surface area contributed by atoms with Crippen molar-refractivity contribution >= 4 is 28.7 Å². The molecule has 134 valence electrons. The molecule has 1 unspecified atom stereocenters. The molecule has 2 aliphatic rings. The van der Waals surface area contributed by atoms with Crippen LogP contribution in [0.5, 0.6) is 0 Å². The highest BCUT2D eigenvalue weighted by Crippen LogP contribution is 2.26. The molecule has 1 aliphatic carbocycles. The minimum atomic E-state index is -0.374. The third kappa shape index (κ3) is 5.59. The summed E-state index contributed by atoms with van der Waals surface area (Å²) in [7, 11) is 0. The van der Waals surface area contributed by atoms with Gasteiger partial charge in [-0.2, -0.15) is 0 Å². The van der Waals surface area contributed by atoms with Gasteiger partial charge >= 0.3 is 0 Å². The number of hydrogen-bond acceptors (Lipinski definition) is 4. The van der Waals surface area contributed by atoms with Crippen LogP contribution >= 0.6 is 11.8 Å². The lowest BCUT2D eigenvalue weighted by Crippen LogP contribution is -2.31. The highest BCUT2D eigenvalue weighted by atomic mass is 32.2. The number of thioether (sulfide) groups is 1. The van der Waals surface area contributed by atoms with Crippen molar-refractivity contribution in [3.05, 3.63) is 35.9 Å². The molecule has 1 aliphatic heterocycles. The summed E-state index contributed by atoms with van der Waals surface area (Å²) in [4.78, 5) is 28.7. The Labute approximate surface area is 153 Å². The second-order valence-electron chi connectivity index (χ2n) is 6.71. The molecule has 1 atom stereocenters. The Balaban J connectivity index is 1.43. The summed E-state index contributed by atoms with van der Waals surface area (Å²) in [5, 5.41) is 5.99. The Morgan fingerprint density at radius 3 is 2.72 bits per heavy atom. The molecule has 5 nitrogen and oxygen atoms in total. The molecule has 0 spiro atoms. The van der Waals surface area contributed by atoms with E-state index >= 15 is 0 Å². The Kier molecular flexibility index (Phi) is 6.50. The number of amidine groups is 1. The summed E-state index contributed by atoms with van der Waals surface area (Å²) >= 11 is 1.39. The van der Waals surface area contributed by atoms with Crippen molar-refractivity contribution in [1.82, 2.24) is 10.6 Å². The van der Waals surface area contributed by atoms with Gasteiger partial charge in [-0.1, -0.05) is 61.4 Å². The number of amides is 2. The summed E-state index contributed by atoms with van der Waals surface area (Å²) < 4.78 is 0. The van der Waals surface area contributed by atoms with Crippen LogP contribution in [0.4, 0.5) is 0 Å². The first-order valence-corrected chi connectivity index (χ1v) is 9.91. The molecule has 6 heteroatoms. The van der Waals surface area contributed by atoms with Crippen molar-refractivity contribution in [2.24, 2.45) is 10.9 Å². The van der Waals surface area contributed by atoms with Gasteiger partial charge in [0.15, 0.2) is 5.17 Å². The van der Waals surface area contributed by atoms with Gasteiger partial charge in [0.1, 0.15) is 5.25 Å². The summed E-state index contributed by atoms with van der Waals surface area (Å²) in [5.41, 5.74) is 1.05. The van der Waals surface area contributed by atoms with Crippen LogP contribution in [0.1, 0.15) is 44.1 Å². The Bertz CT molecular complexity index is 627. The average molecular weight is 359 g/mol. The fraction of sp³-hybridized carbons (Fsp3) is 0.526. The molecule has 1 aromatic carbocycles. The number of rotatable bonds is 6. The monoisotopic (exact) mass is 359 g/mol. The second-order valence-corrected chi connectivity index (χ2v) is 7.90. The lowest BCUT2D eigenvalue weighted by Gasteiger charge is -2.19. The third-order valence-corrected chi connectivity index (χ3v) is 5.82. The number of carbonyl (C=O) groups is 2. The molecule has 0 aromatic heterocycles. The second kappa shape index (κ2) is 9.04. The van der Waals surface area contributed by atoms with Crippen LogP contribution in [-0.2, 0) is 16.1 Å². The van der Waals surface area contributed by atoms with Gasteiger partial charge in [0, 0.05) is 19.5 Å². The molecule has 25 heavy (non-hydrogen) atoms. The van der Waals surface area contributed by atoms with E-state index in [1.54, 1.807) is 0 Å². The zero-order chi connectivity index (χ0) is 17.5. The summed E-state index contributed by atoms with van der Waals surface area (Å²) in [6.45, 7) is 1.27. The number of nitrogens with one attached hydrogen (secondary N) is 2. The van der Waals surface area contributed by atoms with Gasteiger partial charge < -0.3 is 10.6 Å². The van der Waals surface area contributed by atoms with Crippen LogP contribution in [0.3, 0.4) is 0 Å². The van der Waals surface area contributed by atoms with E-state index in [0.29, 0.717) is 17.6 Å². The Hall–Kier alpha value is -1.82. The minimum absolute atomic E-state index is 0.106. The van der Waals surface area contributed by atoms with Crippen LogP contribution in [0.15, 0.2) is 35.3 Å². The molecule has 1 saturated carbocycles. The lowest BCUT2D eigenvalue weighted by molar-refractivity contribution is -0.125. The molecule has 1 heterocycles. The van der Waals surface area contributed by atoms with Crippen LogP contribution in [0.25, 0.3) is 0 Å². The zero-order valence-electron chi connectivity index (χ0n) is 14.4. The SMILES string of the molecule is O=C(CC1SC(=NCC2CCCCC2)NC1=O)NCc1ccccc1. The standard InChI is InChI=1S/C19H25N3O2S/c23-17(20-12-14-7-3-1-4-8-14)11-16-18(24)22-19(25-16)21-13-15-9-5-2-6-10-15/h1,3-4,7-8,15-16H,2,5-6,9-13H2,(H,20,23)(H,21,22,24). The first-order valence-electron chi connectivity index (χ1n) is 9.03. The maximum absolute atomic E-state index is 12.1. The van der Waals surface area contributed by atoms with Crippen molar-refractivity contribution in [3.63, 3.8) is 0 Å². The first-order chi connectivity index (χ1) is 12.2. The molecule has 0 bridgehead atoms. The van der Waals surface area contributed by atoms with E-state index in [0.717, 1.165) is 12.1 Å². The predicted octanol–water partition coefficient (Wildman–Crippen LogP) is 2.86. The van der Waals surface area contributed by atoms with Gasteiger partial charge in [-0.25, -0.2) is 0 Å². The quantitative estimate of drug-likeness (QED) is 0.820. The van der Waals surface area contributed by atoms with E-state index in [1.165, 1.54) is 43.9 Å². The maximum atomic E-state index is 12.1. The topological polar surface area (TPSA) is 70.6 Å². The van der Waals surface area contributed by atoms with Crippen molar-refractivity contribution in [3.8, 4) is 0 Å². The van der Waals surface area contributed by atoms with Gasteiger partial charge in [0.05, 0.1) is 0 Å². The summed E-state index contributed by atoms with van der Waals surface area (Å²) in [6, 6.07) is 9.76. The van der Waals surface area contributed by atoms with Crippen LogP contribution in [0, 0.1) is 5.92 Å². The number of carbonyl (C=O) groups excluding carboxylic acids is 2. The maximum Gasteiger partial charge on any atom is 0.240 e. The zero-order valence-corrected chi connectivity index (χ0v) is 15.2. The molecule has 3 rings (SSSR count). The van der Waals surface area contributed by atoms with Crippen molar-refractivity contribution < 1.29 is 9.59 Å². The van der Waals surface area contributed by atoms with Gasteiger partial charge in [-0.3, -0.25) is 14.6 Å². The van der Waals surface area contributed by atoms with Crippen LogP contribution in [0.2, 0.25) is 0 Å². The molecular formula is C19H25N3O2S. The minimum Gasteiger partial charge on any atom is -0.352 e. The molecule has 2 fully saturated rings. The molecular weight excluding hydrogens is 334 g/mol. The lowest BCUT2D eigenvalue weighted by atomic mass is 9.89. The summed E-state index contributed by atoms with van der Waals surface area (Å²) in [5.74, 6) is 0.430. The van der Waals surface area contributed by atoms with Crippen molar-refractivity contribution in [2.75, 3.05) is 6.54 Å². The van der Waals surface area contributed by atoms with Crippen molar-refractivity contribution in [2.45, 2.75) is 50.3 Å². The number of nitrogens with zero attached hydrogens (tertiary/aromatic N) is 1. The highest BCUT2D eigenvalue weighted by Gasteiger charge is 2.32. The third-order valence-electron chi connectivity index (χ3n) is 4.70. The van der Waals surface area contributed by atoms with E-state index in [1.807, 2.05) is 30.3 Å². The van der Waals surface area contributed by atoms with E-state index in [4.69, 9.17) is 0 Å². The largest absolute Gasteiger partial charge is 0.352 e. The van der Waals surface area contributed by atoms with Gasteiger partial charge in [0.25, 0.3) is 0 Å². The fourth-order valence-corrected chi connectivity index (χ4v) is 4.21. The van der Waals surface area contributed by atoms with E-state index < -0.39 is 0 Å². The van der Waals surface area contributed by atoms with Gasteiger partial charge in [0.2, 0.25) is 11.8 Å². The number of benzene rings is 1. The Morgan fingerprint density at radius 1 is 1.20 bits per heavy atom. The number of hydrogen-bond donors (Lipinski definition) is 2. The normalized spacial score (nSPS) is 22.8. The molecule has 2 amide bonds.